The van der Waals surface area contributed by atoms with Crippen molar-refractivity contribution < 1.29 is 0 Å². The molecule has 0 spiro atoms. The van der Waals surface area contributed by atoms with Gasteiger partial charge >= 0.3 is 0 Å². The van der Waals surface area contributed by atoms with E-state index in [1.165, 1.54) is 12.8 Å². The average Bonchev–Trinajstić information content (AvgIpc) is 2.39. The molecule has 4 nitrogen and oxygen atoms in total. The predicted octanol–water partition coefficient (Wildman–Crippen LogP) is 1.48. The molecule has 4 heteroatoms. The zero-order valence-electron chi connectivity index (χ0n) is 10.4. The summed E-state index contributed by atoms with van der Waals surface area (Å²) in [4.78, 5) is 8.89. The summed E-state index contributed by atoms with van der Waals surface area (Å²) in [5.41, 5.74) is 0.495. The van der Waals surface area contributed by atoms with E-state index in [1.807, 2.05) is 12.1 Å². The number of anilines is 1. The Bertz CT molecular complexity index is 422. The van der Waals surface area contributed by atoms with E-state index < -0.39 is 0 Å². The maximum Gasteiger partial charge on any atom is 0.142 e. The third-order valence-electron chi connectivity index (χ3n) is 3.30. The second kappa shape index (κ2) is 5.15. The number of pyridine rings is 1. The van der Waals surface area contributed by atoms with Gasteiger partial charge in [-0.25, -0.2) is 4.98 Å². The molecule has 1 atom stereocenters. The van der Waals surface area contributed by atoms with Gasteiger partial charge in [-0.3, -0.25) is 0 Å². The summed E-state index contributed by atoms with van der Waals surface area (Å²) in [7, 11) is 4.24. The number of likely N-dealkylation sites (N-methyl/N-ethyl adjacent to an activating group) is 1. The van der Waals surface area contributed by atoms with Crippen molar-refractivity contribution >= 4 is 5.82 Å². The van der Waals surface area contributed by atoms with Crippen molar-refractivity contribution in [3.05, 3.63) is 23.9 Å². The number of hydrogen-bond acceptors (Lipinski definition) is 4. The van der Waals surface area contributed by atoms with Crippen LogP contribution in [0.5, 0.6) is 0 Å². The van der Waals surface area contributed by atoms with E-state index in [-0.39, 0.29) is 0 Å². The molecule has 1 aliphatic heterocycles. The van der Waals surface area contributed by atoms with Crippen LogP contribution in [-0.4, -0.2) is 43.1 Å². The molecule has 90 valence electrons. The fourth-order valence-electron chi connectivity index (χ4n) is 2.25. The van der Waals surface area contributed by atoms with Crippen molar-refractivity contribution in [1.82, 2.24) is 9.88 Å². The number of piperidine rings is 1. The van der Waals surface area contributed by atoms with Crippen LogP contribution in [0.1, 0.15) is 18.5 Å². The Morgan fingerprint density at radius 3 is 3.00 bits per heavy atom. The first kappa shape index (κ1) is 11.9. The summed E-state index contributed by atoms with van der Waals surface area (Å²) >= 11 is 0. The number of nitriles is 1. The minimum absolute atomic E-state index is 0.495. The molecule has 0 aliphatic carbocycles. The topological polar surface area (TPSA) is 43.2 Å². The molecule has 1 saturated heterocycles. The zero-order chi connectivity index (χ0) is 12.3. The Balaban J connectivity index is 2.13. The molecule has 0 amide bonds. The van der Waals surface area contributed by atoms with Crippen LogP contribution in [0.4, 0.5) is 5.82 Å². The Hall–Kier alpha value is -1.60. The largest absolute Gasteiger partial charge is 0.355 e. The van der Waals surface area contributed by atoms with Gasteiger partial charge in [-0.2, -0.15) is 5.26 Å². The van der Waals surface area contributed by atoms with Crippen molar-refractivity contribution in [2.75, 3.05) is 32.1 Å². The number of hydrogen-bond donors (Lipinski definition) is 0. The second-order valence-electron chi connectivity index (χ2n) is 4.70. The highest BCUT2D eigenvalue weighted by molar-refractivity contribution is 5.42. The molecule has 1 aromatic heterocycles. The normalized spacial score (nSPS) is 20.4. The van der Waals surface area contributed by atoms with Gasteiger partial charge in [0.15, 0.2) is 0 Å². The quantitative estimate of drug-likeness (QED) is 0.772. The van der Waals surface area contributed by atoms with Gasteiger partial charge in [-0.15, -0.1) is 0 Å². The third kappa shape index (κ3) is 2.75. The van der Waals surface area contributed by atoms with Crippen LogP contribution in [0.15, 0.2) is 18.2 Å². The molecule has 1 aromatic rings. The van der Waals surface area contributed by atoms with E-state index in [0.717, 1.165) is 18.9 Å². The SMILES string of the molecule is CN(C)C1CCCN(c2cccc(C#N)n2)C1. The highest BCUT2D eigenvalue weighted by Gasteiger charge is 2.22. The van der Waals surface area contributed by atoms with Gasteiger partial charge in [-0.05, 0) is 39.1 Å². The molecule has 2 heterocycles. The Labute approximate surface area is 102 Å². The first-order valence-corrected chi connectivity index (χ1v) is 5.99. The summed E-state index contributed by atoms with van der Waals surface area (Å²) in [6.45, 7) is 2.03. The average molecular weight is 230 g/mol. The fourth-order valence-corrected chi connectivity index (χ4v) is 2.25. The van der Waals surface area contributed by atoms with Crippen molar-refractivity contribution in [3.63, 3.8) is 0 Å². The van der Waals surface area contributed by atoms with Gasteiger partial charge in [0.25, 0.3) is 0 Å². The van der Waals surface area contributed by atoms with Crippen LogP contribution in [0.3, 0.4) is 0 Å². The zero-order valence-corrected chi connectivity index (χ0v) is 10.4. The summed E-state index contributed by atoms with van der Waals surface area (Å²) in [5, 5.41) is 8.86. The lowest BCUT2D eigenvalue weighted by molar-refractivity contribution is 0.257. The fraction of sp³-hybridized carbons (Fsp3) is 0.538. The molecule has 0 saturated carbocycles. The minimum atomic E-state index is 0.495. The standard InChI is InChI=1S/C13H18N4/c1-16(2)12-6-4-8-17(10-12)13-7-3-5-11(9-14)15-13/h3,5,7,12H,4,6,8,10H2,1-2H3. The summed E-state index contributed by atoms with van der Waals surface area (Å²) in [5.74, 6) is 0.926. The molecule has 1 aliphatic rings. The molecule has 1 fully saturated rings. The highest BCUT2D eigenvalue weighted by atomic mass is 15.2. The maximum absolute atomic E-state index is 8.86. The van der Waals surface area contributed by atoms with Gasteiger partial charge in [-0.1, -0.05) is 6.07 Å². The van der Waals surface area contributed by atoms with Gasteiger partial charge in [0, 0.05) is 19.1 Å². The minimum Gasteiger partial charge on any atom is -0.355 e. The second-order valence-corrected chi connectivity index (χ2v) is 4.70. The molecular weight excluding hydrogens is 212 g/mol. The van der Waals surface area contributed by atoms with Crippen LogP contribution in [0, 0.1) is 11.3 Å². The summed E-state index contributed by atoms with van der Waals surface area (Å²) in [6, 6.07) is 8.31. The van der Waals surface area contributed by atoms with Gasteiger partial charge in [0.2, 0.25) is 0 Å². The van der Waals surface area contributed by atoms with Crippen LogP contribution in [-0.2, 0) is 0 Å². The van der Waals surface area contributed by atoms with Crippen LogP contribution >= 0.6 is 0 Å². The number of rotatable bonds is 2. The predicted molar refractivity (Wildman–Crippen MR) is 67.9 cm³/mol. The molecule has 0 aromatic carbocycles. The van der Waals surface area contributed by atoms with Gasteiger partial charge in [0.1, 0.15) is 17.6 Å². The van der Waals surface area contributed by atoms with E-state index >= 15 is 0 Å². The smallest absolute Gasteiger partial charge is 0.142 e. The van der Waals surface area contributed by atoms with Crippen molar-refractivity contribution in [1.29, 1.82) is 5.26 Å². The Kier molecular flexibility index (Phi) is 3.60. The van der Waals surface area contributed by atoms with E-state index in [4.69, 9.17) is 5.26 Å². The van der Waals surface area contributed by atoms with Crippen molar-refractivity contribution in [2.45, 2.75) is 18.9 Å². The first-order chi connectivity index (χ1) is 8.20. The summed E-state index contributed by atoms with van der Waals surface area (Å²) in [6.07, 6.45) is 2.42. The van der Waals surface area contributed by atoms with Crippen molar-refractivity contribution in [2.24, 2.45) is 0 Å². The first-order valence-electron chi connectivity index (χ1n) is 5.99. The molecule has 1 unspecified atom stereocenters. The number of nitrogens with zero attached hydrogens (tertiary/aromatic N) is 4. The molecule has 2 rings (SSSR count). The van der Waals surface area contributed by atoms with Gasteiger partial charge in [0.05, 0.1) is 0 Å². The number of aromatic nitrogens is 1. The molecule has 17 heavy (non-hydrogen) atoms. The van der Waals surface area contributed by atoms with Crippen LogP contribution in [0.25, 0.3) is 0 Å². The van der Waals surface area contributed by atoms with Crippen molar-refractivity contribution in [3.8, 4) is 6.07 Å². The monoisotopic (exact) mass is 230 g/mol. The lowest BCUT2D eigenvalue weighted by Gasteiger charge is -2.36. The van der Waals surface area contributed by atoms with E-state index in [0.29, 0.717) is 11.7 Å². The Morgan fingerprint density at radius 2 is 2.29 bits per heavy atom. The molecule has 0 radical (unpaired) electrons. The lowest BCUT2D eigenvalue weighted by atomic mass is 10.0. The van der Waals surface area contributed by atoms with E-state index in [2.05, 4.69) is 34.9 Å². The van der Waals surface area contributed by atoms with Gasteiger partial charge < -0.3 is 9.80 Å². The Morgan fingerprint density at radius 1 is 1.47 bits per heavy atom. The van der Waals surface area contributed by atoms with E-state index in [1.54, 1.807) is 6.07 Å². The summed E-state index contributed by atoms with van der Waals surface area (Å²) < 4.78 is 0. The molecule has 0 N–H and O–H groups in total. The lowest BCUT2D eigenvalue weighted by Crippen LogP contribution is -2.45. The van der Waals surface area contributed by atoms with E-state index in [9.17, 15) is 0 Å². The molecular formula is C13H18N4. The molecule has 0 bridgehead atoms. The highest BCUT2D eigenvalue weighted by Crippen LogP contribution is 2.19. The third-order valence-corrected chi connectivity index (χ3v) is 3.30. The van der Waals surface area contributed by atoms with Crippen LogP contribution in [0.2, 0.25) is 0 Å². The van der Waals surface area contributed by atoms with Crippen LogP contribution < -0.4 is 4.90 Å². The maximum atomic E-state index is 8.86.